The van der Waals surface area contributed by atoms with E-state index in [0.717, 1.165) is 22.5 Å². The summed E-state index contributed by atoms with van der Waals surface area (Å²) in [5.41, 5.74) is 3.96. The Morgan fingerprint density at radius 1 is 0.778 bits per heavy atom. The standard InChI is InChI=1S/C22H28N2O2S/c1-15(2)18-11-8-12-19(16(3)4)22(18)24-21(26)14-27-13-20(25)23-17-9-6-5-7-10-17/h5-12,15-16H,13-14H2,1-4H3,(H,23,25)(H,24,26). The molecule has 2 aromatic carbocycles. The smallest absolute Gasteiger partial charge is 0.234 e. The van der Waals surface area contributed by atoms with Crippen LogP contribution in [0.3, 0.4) is 0 Å². The lowest BCUT2D eigenvalue weighted by Crippen LogP contribution is -2.20. The third kappa shape index (κ3) is 6.43. The highest BCUT2D eigenvalue weighted by Gasteiger charge is 2.16. The van der Waals surface area contributed by atoms with E-state index in [1.165, 1.54) is 11.8 Å². The summed E-state index contributed by atoms with van der Waals surface area (Å²) in [5, 5.41) is 5.90. The number of amides is 2. The zero-order chi connectivity index (χ0) is 19.8. The Kier molecular flexibility index (Phi) is 7.92. The van der Waals surface area contributed by atoms with E-state index in [4.69, 9.17) is 0 Å². The molecular formula is C22H28N2O2S. The van der Waals surface area contributed by atoms with Crippen molar-refractivity contribution in [2.45, 2.75) is 39.5 Å². The van der Waals surface area contributed by atoms with E-state index in [0.29, 0.717) is 11.8 Å². The first kappa shape index (κ1) is 21.0. The van der Waals surface area contributed by atoms with Crippen LogP contribution in [0.4, 0.5) is 11.4 Å². The third-order valence-electron chi connectivity index (χ3n) is 4.16. The van der Waals surface area contributed by atoms with Gasteiger partial charge in [0.1, 0.15) is 0 Å². The minimum absolute atomic E-state index is 0.0810. The second-order valence-corrected chi connectivity index (χ2v) is 8.06. The van der Waals surface area contributed by atoms with Gasteiger partial charge < -0.3 is 10.6 Å². The van der Waals surface area contributed by atoms with Crippen molar-refractivity contribution in [2.24, 2.45) is 0 Å². The molecule has 0 radical (unpaired) electrons. The Morgan fingerprint density at radius 3 is 1.81 bits per heavy atom. The summed E-state index contributed by atoms with van der Waals surface area (Å²) in [7, 11) is 0. The van der Waals surface area contributed by atoms with Crippen LogP contribution in [0, 0.1) is 0 Å². The molecule has 0 atom stereocenters. The molecule has 2 rings (SSSR count). The molecule has 2 N–H and O–H groups in total. The monoisotopic (exact) mass is 384 g/mol. The molecule has 5 heteroatoms. The molecular weight excluding hydrogens is 356 g/mol. The number of nitrogens with one attached hydrogen (secondary N) is 2. The zero-order valence-corrected chi connectivity index (χ0v) is 17.2. The molecule has 27 heavy (non-hydrogen) atoms. The zero-order valence-electron chi connectivity index (χ0n) is 16.4. The number of rotatable bonds is 8. The van der Waals surface area contributed by atoms with Crippen molar-refractivity contribution in [3.63, 3.8) is 0 Å². The number of thioether (sulfide) groups is 1. The molecule has 0 bridgehead atoms. The molecule has 2 aromatic rings. The van der Waals surface area contributed by atoms with Gasteiger partial charge in [-0.3, -0.25) is 9.59 Å². The van der Waals surface area contributed by atoms with Crippen LogP contribution < -0.4 is 10.6 Å². The molecule has 144 valence electrons. The molecule has 0 aliphatic carbocycles. The average Bonchev–Trinajstić information content (AvgIpc) is 2.62. The summed E-state index contributed by atoms with van der Waals surface area (Å²) >= 11 is 1.31. The van der Waals surface area contributed by atoms with Crippen molar-refractivity contribution >= 4 is 35.0 Å². The summed E-state index contributed by atoms with van der Waals surface area (Å²) < 4.78 is 0. The topological polar surface area (TPSA) is 58.2 Å². The molecule has 4 nitrogen and oxygen atoms in total. The molecule has 0 aliphatic rings. The van der Waals surface area contributed by atoms with Crippen LogP contribution in [0.25, 0.3) is 0 Å². The number of hydrogen-bond acceptors (Lipinski definition) is 3. The van der Waals surface area contributed by atoms with E-state index >= 15 is 0 Å². The Labute approximate surface area is 166 Å². The van der Waals surface area contributed by atoms with Crippen LogP contribution in [0.15, 0.2) is 48.5 Å². The van der Waals surface area contributed by atoms with Crippen LogP contribution in [-0.4, -0.2) is 23.3 Å². The summed E-state index contributed by atoms with van der Waals surface area (Å²) in [4.78, 5) is 24.4. The highest BCUT2D eigenvalue weighted by atomic mass is 32.2. The van der Waals surface area contributed by atoms with Crippen molar-refractivity contribution in [3.05, 3.63) is 59.7 Å². The fourth-order valence-electron chi connectivity index (χ4n) is 2.83. The molecule has 0 spiro atoms. The lowest BCUT2D eigenvalue weighted by Gasteiger charge is -2.20. The molecule has 0 aliphatic heterocycles. The summed E-state index contributed by atoms with van der Waals surface area (Å²) in [6.45, 7) is 8.49. The SMILES string of the molecule is CC(C)c1cccc(C(C)C)c1NC(=O)CSCC(=O)Nc1ccccc1. The van der Waals surface area contributed by atoms with Gasteiger partial charge in [0, 0.05) is 11.4 Å². The Morgan fingerprint density at radius 2 is 1.30 bits per heavy atom. The molecule has 0 saturated carbocycles. The molecule has 0 saturated heterocycles. The highest BCUT2D eigenvalue weighted by Crippen LogP contribution is 2.32. The lowest BCUT2D eigenvalue weighted by molar-refractivity contribution is -0.114. The molecule has 0 heterocycles. The van der Waals surface area contributed by atoms with Crippen LogP contribution in [-0.2, 0) is 9.59 Å². The molecule has 0 unspecified atom stereocenters. The predicted octanol–water partition coefficient (Wildman–Crippen LogP) is 5.24. The van der Waals surface area contributed by atoms with Crippen LogP contribution in [0.1, 0.15) is 50.7 Å². The van der Waals surface area contributed by atoms with Crippen molar-refractivity contribution in [1.82, 2.24) is 0 Å². The second-order valence-electron chi connectivity index (χ2n) is 7.08. The summed E-state index contributed by atoms with van der Waals surface area (Å²) in [6.07, 6.45) is 0. The van der Waals surface area contributed by atoms with Crippen molar-refractivity contribution in [2.75, 3.05) is 22.1 Å². The largest absolute Gasteiger partial charge is 0.325 e. The number of carbonyl (C=O) groups excluding carboxylic acids is 2. The predicted molar refractivity (Wildman–Crippen MR) is 116 cm³/mol. The number of para-hydroxylation sites is 2. The van der Waals surface area contributed by atoms with Gasteiger partial charge in [0.15, 0.2) is 0 Å². The van der Waals surface area contributed by atoms with Crippen LogP contribution in [0.2, 0.25) is 0 Å². The molecule has 0 aromatic heterocycles. The number of benzene rings is 2. The van der Waals surface area contributed by atoms with Crippen molar-refractivity contribution in [1.29, 1.82) is 0 Å². The first-order valence-electron chi connectivity index (χ1n) is 9.23. The van der Waals surface area contributed by atoms with Crippen LogP contribution >= 0.6 is 11.8 Å². The first-order valence-corrected chi connectivity index (χ1v) is 10.4. The van der Waals surface area contributed by atoms with E-state index in [1.807, 2.05) is 36.4 Å². The van der Waals surface area contributed by atoms with E-state index in [1.54, 1.807) is 0 Å². The third-order valence-corrected chi connectivity index (χ3v) is 5.09. The van der Waals surface area contributed by atoms with E-state index in [2.05, 4.69) is 50.5 Å². The van der Waals surface area contributed by atoms with Crippen LogP contribution in [0.5, 0.6) is 0 Å². The first-order chi connectivity index (χ1) is 12.9. The van der Waals surface area contributed by atoms with Gasteiger partial charge in [0.05, 0.1) is 11.5 Å². The summed E-state index contributed by atoms with van der Waals surface area (Å²) in [5.74, 6) is 0.940. The number of carbonyl (C=O) groups is 2. The van der Waals surface area contributed by atoms with Gasteiger partial charge in [0.25, 0.3) is 0 Å². The maximum absolute atomic E-state index is 12.4. The fraction of sp³-hybridized carbons (Fsp3) is 0.364. The quantitative estimate of drug-likeness (QED) is 0.654. The maximum Gasteiger partial charge on any atom is 0.234 e. The molecule has 0 fully saturated rings. The van der Waals surface area contributed by atoms with Gasteiger partial charge >= 0.3 is 0 Å². The Balaban J connectivity index is 1.91. The number of anilines is 2. The maximum atomic E-state index is 12.4. The minimum atomic E-state index is -0.107. The van der Waals surface area contributed by atoms with E-state index < -0.39 is 0 Å². The van der Waals surface area contributed by atoms with Gasteiger partial charge in [-0.25, -0.2) is 0 Å². The Hall–Kier alpha value is -2.27. The second kappa shape index (κ2) is 10.2. The van der Waals surface area contributed by atoms with Gasteiger partial charge in [-0.2, -0.15) is 0 Å². The highest BCUT2D eigenvalue weighted by molar-refractivity contribution is 8.00. The number of hydrogen-bond donors (Lipinski definition) is 2. The van der Waals surface area contributed by atoms with Gasteiger partial charge in [-0.1, -0.05) is 64.1 Å². The lowest BCUT2D eigenvalue weighted by atomic mass is 9.92. The van der Waals surface area contributed by atoms with E-state index in [9.17, 15) is 9.59 Å². The van der Waals surface area contributed by atoms with Gasteiger partial charge in [0.2, 0.25) is 11.8 Å². The normalized spacial score (nSPS) is 10.9. The van der Waals surface area contributed by atoms with Crippen molar-refractivity contribution in [3.8, 4) is 0 Å². The van der Waals surface area contributed by atoms with Gasteiger partial charge in [-0.05, 0) is 35.1 Å². The Bertz CT molecular complexity index is 747. The van der Waals surface area contributed by atoms with E-state index in [-0.39, 0.29) is 23.3 Å². The van der Waals surface area contributed by atoms with Gasteiger partial charge in [-0.15, -0.1) is 11.8 Å². The summed E-state index contributed by atoms with van der Waals surface area (Å²) in [6, 6.07) is 15.5. The molecule has 2 amide bonds. The minimum Gasteiger partial charge on any atom is -0.325 e. The fourth-order valence-corrected chi connectivity index (χ4v) is 3.44. The van der Waals surface area contributed by atoms with Crippen molar-refractivity contribution < 1.29 is 9.59 Å². The average molecular weight is 385 g/mol.